The molecule has 2 amide bonds. The minimum atomic E-state index is -0.875. The summed E-state index contributed by atoms with van der Waals surface area (Å²) in [6.45, 7) is 3.41. The zero-order chi connectivity index (χ0) is 18.7. The average Bonchev–Trinajstić information content (AvgIpc) is 2.60. The Morgan fingerprint density at radius 1 is 1.38 bits per heavy atom. The summed E-state index contributed by atoms with van der Waals surface area (Å²) in [5.74, 6) is -1.02. The topological polar surface area (TPSA) is 88.1 Å². The van der Waals surface area contributed by atoms with Crippen LogP contribution < -0.4 is 10.1 Å². The number of hydrogen-bond donors (Lipinski definition) is 2. The molecule has 26 heavy (non-hydrogen) atoms. The van der Waals surface area contributed by atoms with Crippen molar-refractivity contribution in [1.82, 2.24) is 10.2 Å². The summed E-state index contributed by atoms with van der Waals surface area (Å²) in [4.78, 5) is 25.1. The maximum absolute atomic E-state index is 13.7. The van der Waals surface area contributed by atoms with Crippen LogP contribution in [0, 0.1) is 17.7 Å². The molecule has 0 bridgehead atoms. The Bertz CT molecular complexity index is 696. The van der Waals surface area contributed by atoms with Gasteiger partial charge in [-0.1, -0.05) is 6.92 Å². The van der Waals surface area contributed by atoms with E-state index >= 15 is 0 Å². The van der Waals surface area contributed by atoms with Gasteiger partial charge in [0, 0.05) is 25.2 Å². The number of aliphatic carboxylic acids is 1. The Kier molecular flexibility index (Phi) is 5.61. The van der Waals surface area contributed by atoms with Gasteiger partial charge < -0.3 is 24.8 Å². The van der Waals surface area contributed by atoms with Crippen LogP contribution in [-0.4, -0.2) is 48.4 Å². The molecule has 0 radical (unpaired) electrons. The number of nitrogens with zero attached hydrogens (tertiary/aromatic N) is 1. The molecule has 2 N–H and O–H groups in total. The molecular formula is C18H23FN2O5. The number of nitrogens with one attached hydrogen (secondary N) is 1. The van der Waals surface area contributed by atoms with Crippen LogP contribution in [-0.2, 0) is 22.6 Å². The highest BCUT2D eigenvalue weighted by Gasteiger charge is 2.31. The Morgan fingerprint density at radius 2 is 2.19 bits per heavy atom. The molecule has 0 aliphatic carbocycles. The number of carbonyl (C=O) groups excluding carboxylic acids is 1. The van der Waals surface area contributed by atoms with Crippen LogP contribution in [0.4, 0.5) is 9.18 Å². The minimum Gasteiger partial charge on any atom is -0.481 e. The highest BCUT2D eigenvalue weighted by atomic mass is 19.1. The Labute approximate surface area is 151 Å². The van der Waals surface area contributed by atoms with Gasteiger partial charge >= 0.3 is 12.0 Å². The quantitative estimate of drug-likeness (QED) is 0.851. The number of benzene rings is 1. The first-order valence-corrected chi connectivity index (χ1v) is 8.71. The molecule has 1 saturated heterocycles. The number of amides is 2. The minimum absolute atomic E-state index is 0.125. The second kappa shape index (κ2) is 7.90. The van der Waals surface area contributed by atoms with Crippen molar-refractivity contribution in [2.24, 2.45) is 11.8 Å². The molecule has 1 aromatic carbocycles. The SMILES string of the molecule is CC1CC(C(=O)O)CN(C(=O)NCCc2cc(F)cc3c2OCOC3)C1. The first-order valence-electron chi connectivity index (χ1n) is 8.71. The lowest BCUT2D eigenvalue weighted by Gasteiger charge is -2.34. The maximum atomic E-state index is 13.7. The number of carboxylic acid groups (broad SMARTS) is 1. The van der Waals surface area contributed by atoms with Crippen molar-refractivity contribution >= 4 is 12.0 Å². The van der Waals surface area contributed by atoms with Crippen molar-refractivity contribution in [2.45, 2.75) is 26.4 Å². The molecule has 2 heterocycles. The second-order valence-electron chi connectivity index (χ2n) is 6.93. The Hall–Kier alpha value is -2.35. The van der Waals surface area contributed by atoms with E-state index in [0.717, 1.165) is 0 Å². The van der Waals surface area contributed by atoms with Crippen molar-refractivity contribution in [3.8, 4) is 5.75 Å². The van der Waals surface area contributed by atoms with Crippen LogP contribution in [0.25, 0.3) is 0 Å². The summed E-state index contributed by atoms with van der Waals surface area (Å²) in [7, 11) is 0. The number of halogens is 1. The van der Waals surface area contributed by atoms with Gasteiger partial charge in [0.05, 0.1) is 12.5 Å². The number of urea groups is 1. The smallest absolute Gasteiger partial charge is 0.317 e. The fourth-order valence-electron chi connectivity index (χ4n) is 3.55. The van der Waals surface area contributed by atoms with E-state index in [-0.39, 0.29) is 31.1 Å². The third kappa shape index (κ3) is 4.24. The average molecular weight is 366 g/mol. The molecular weight excluding hydrogens is 343 g/mol. The number of piperidine rings is 1. The fourth-order valence-corrected chi connectivity index (χ4v) is 3.55. The summed E-state index contributed by atoms with van der Waals surface area (Å²) in [6, 6.07) is 2.50. The number of hydrogen-bond acceptors (Lipinski definition) is 4. The first kappa shape index (κ1) is 18.4. The molecule has 2 unspecified atom stereocenters. The maximum Gasteiger partial charge on any atom is 0.317 e. The molecule has 1 fully saturated rings. The molecule has 8 heteroatoms. The van der Waals surface area contributed by atoms with Gasteiger partial charge in [0.1, 0.15) is 11.6 Å². The monoisotopic (exact) mass is 366 g/mol. The van der Waals surface area contributed by atoms with E-state index in [1.165, 1.54) is 12.1 Å². The number of carbonyl (C=O) groups is 2. The zero-order valence-corrected chi connectivity index (χ0v) is 14.7. The van der Waals surface area contributed by atoms with Crippen LogP contribution >= 0.6 is 0 Å². The molecule has 2 aliphatic rings. The van der Waals surface area contributed by atoms with Gasteiger partial charge in [-0.25, -0.2) is 9.18 Å². The van der Waals surface area contributed by atoms with Crippen LogP contribution in [0.5, 0.6) is 5.75 Å². The molecule has 2 atom stereocenters. The number of ether oxygens (including phenoxy) is 2. The molecule has 2 aliphatic heterocycles. The summed E-state index contributed by atoms with van der Waals surface area (Å²) in [5.41, 5.74) is 1.34. The van der Waals surface area contributed by atoms with Gasteiger partial charge in [-0.2, -0.15) is 0 Å². The summed E-state index contributed by atoms with van der Waals surface area (Å²) in [5, 5.41) is 12.0. The van der Waals surface area contributed by atoms with Gasteiger partial charge in [-0.05, 0) is 36.5 Å². The van der Waals surface area contributed by atoms with Gasteiger partial charge in [0.15, 0.2) is 6.79 Å². The van der Waals surface area contributed by atoms with E-state index in [0.29, 0.717) is 49.4 Å². The van der Waals surface area contributed by atoms with Crippen LogP contribution in [0.1, 0.15) is 24.5 Å². The number of likely N-dealkylation sites (tertiary alicyclic amines) is 1. The van der Waals surface area contributed by atoms with Crippen LogP contribution in [0.3, 0.4) is 0 Å². The normalized spacial score (nSPS) is 22.3. The molecule has 0 aromatic heterocycles. The lowest BCUT2D eigenvalue weighted by Crippen LogP contribution is -2.49. The Morgan fingerprint density at radius 3 is 2.96 bits per heavy atom. The van der Waals surface area contributed by atoms with Crippen LogP contribution in [0.2, 0.25) is 0 Å². The van der Waals surface area contributed by atoms with Crippen molar-refractivity contribution < 1.29 is 28.6 Å². The van der Waals surface area contributed by atoms with E-state index in [1.54, 1.807) is 4.90 Å². The predicted molar refractivity (Wildman–Crippen MR) is 90.3 cm³/mol. The van der Waals surface area contributed by atoms with Crippen molar-refractivity contribution in [1.29, 1.82) is 0 Å². The highest BCUT2D eigenvalue weighted by molar-refractivity contribution is 5.76. The summed E-state index contributed by atoms with van der Waals surface area (Å²) >= 11 is 0. The largest absolute Gasteiger partial charge is 0.481 e. The molecule has 1 aromatic rings. The first-order chi connectivity index (χ1) is 12.4. The third-order valence-corrected chi connectivity index (χ3v) is 4.72. The number of rotatable bonds is 4. The lowest BCUT2D eigenvalue weighted by molar-refractivity contribution is -0.143. The summed E-state index contributed by atoms with van der Waals surface area (Å²) < 4.78 is 24.3. The van der Waals surface area contributed by atoms with Gasteiger partial charge in [-0.15, -0.1) is 0 Å². The molecule has 142 valence electrons. The van der Waals surface area contributed by atoms with Crippen LogP contribution in [0.15, 0.2) is 12.1 Å². The van der Waals surface area contributed by atoms with E-state index in [1.807, 2.05) is 6.92 Å². The van der Waals surface area contributed by atoms with Crippen molar-refractivity contribution in [3.05, 3.63) is 29.1 Å². The lowest BCUT2D eigenvalue weighted by atomic mass is 9.91. The third-order valence-electron chi connectivity index (χ3n) is 4.72. The zero-order valence-electron chi connectivity index (χ0n) is 14.7. The molecule has 0 saturated carbocycles. The van der Waals surface area contributed by atoms with Gasteiger partial charge in [0.25, 0.3) is 0 Å². The van der Waals surface area contributed by atoms with E-state index in [4.69, 9.17) is 9.47 Å². The van der Waals surface area contributed by atoms with E-state index < -0.39 is 11.9 Å². The standard InChI is InChI=1S/C18H23FN2O5/c1-11-4-13(17(22)23)8-21(7-11)18(24)20-3-2-12-5-15(19)6-14-9-25-10-26-16(12)14/h5-6,11,13H,2-4,7-10H2,1H3,(H,20,24)(H,22,23). The van der Waals surface area contributed by atoms with Gasteiger partial charge in [-0.3, -0.25) is 4.79 Å². The van der Waals surface area contributed by atoms with Crippen molar-refractivity contribution in [3.63, 3.8) is 0 Å². The van der Waals surface area contributed by atoms with Crippen molar-refractivity contribution in [2.75, 3.05) is 26.4 Å². The fraction of sp³-hybridized carbons (Fsp3) is 0.556. The Balaban J connectivity index is 1.57. The highest BCUT2D eigenvalue weighted by Crippen LogP contribution is 2.29. The molecule has 0 spiro atoms. The van der Waals surface area contributed by atoms with Gasteiger partial charge in [0.2, 0.25) is 0 Å². The van der Waals surface area contributed by atoms with E-state index in [2.05, 4.69) is 5.32 Å². The summed E-state index contributed by atoms with van der Waals surface area (Å²) in [6.07, 6.45) is 0.992. The molecule has 3 rings (SSSR count). The molecule has 7 nitrogen and oxygen atoms in total. The van der Waals surface area contributed by atoms with E-state index in [9.17, 15) is 19.1 Å². The predicted octanol–water partition coefficient (Wildman–Crippen LogP) is 1.99. The number of carboxylic acids is 1. The number of fused-ring (bicyclic) bond motifs is 1. The second-order valence-corrected chi connectivity index (χ2v) is 6.93.